The number of fused-ring (bicyclic) bond motifs is 1. The Balaban J connectivity index is 2.19. The molecule has 0 spiro atoms. The third-order valence-corrected chi connectivity index (χ3v) is 3.46. The number of nitrogen functional groups attached to an aromatic ring is 1. The van der Waals surface area contributed by atoms with Crippen molar-refractivity contribution in [2.45, 2.75) is 12.7 Å². The number of alkyl halides is 3. The van der Waals surface area contributed by atoms with E-state index in [1.165, 1.54) is 0 Å². The minimum absolute atomic E-state index is 0.231. The molecule has 4 N–H and O–H groups in total. The van der Waals surface area contributed by atoms with Crippen molar-refractivity contribution in [1.29, 1.82) is 0 Å². The highest BCUT2D eigenvalue weighted by atomic mass is 19.4. The van der Waals surface area contributed by atoms with Crippen LogP contribution in [0, 0.1) is 0 Å². The van der Waals surface area contributed by atoms with E-state index in [2.05, 4.69) is 9.98 Å². The van der Waals surface area contributed by atoms with E-state index in [1.54, 1.807) is 24.3 Å². The number of benzene rings is 1. The summed E-state index contributed by atoms with van der Waals surface area (Å²) in [5.74, 6) is 0.264. The molecule has 1 aliphatic rings. The lowest BCUT2D eigenvalue weighted by atomic mass is 10.2. The SMILES string of the molecule is NCC1=NC(c2cc3c(N)cccc3n2CC(F)(F)F)=NC1. The third kappa shape index (κ3) is 2.57. The monoisotopic (exact) mass is 309 g/mol. The first-order valence-electron chi connectivity index (χ1n) is 6.65. The van der Waals surface area contributed by atoms with Crippen LogP contribution >= 0.6 is 0 Å². The van der Waals surface area contributed by atoms with Crippen molar-refractivity contribution < 1.29 is 13.2 Å². The van der Waals surface area contributed by atoms with Crippen molar-refractivity contribution in [1.82, 2.24) is 4.57 Å². The Labute approximate surface area is 124 Å². The zero-order chi connectivity index (χ0) is 15.9. The average molecular weight is 309 g/mol. The maximum absolute atomic E-state index is 12.9. The first kappa shape index (κ1) is 14.6. The Hall–Kier alpha value is -2.35. The van der Waals surface area contributed by atoms with Gasteiger partial charge in [-0.1, -0.05) is 6.07 Å². The summed E-state index contributed by atoms with van der Waals surface area (Å²) in [4.78, 5) is 8.38. The highest BCUT2D eigenvalue weighted by molar-refractivity contribution is 6.13. The van der Waals surface area contributed by atoms with Crippen LogP contribution < -0.4 is 11.5 Å². The molecule has 1 aromatic carbocycles. The molecule has 0 amide bonds. The summed E-state index contributed by atoms with van der Waals surface area (Å²) in [5.41, 5.74) is 13.1. The fourth-order valence-corrected chi connectivity index (χ4v) is 2.48. The highest BCUT2D eigenvalue weighted by Crippen LogP contribution is 2.29. The summed E-state index contributed by atoms with van der Waals surface area (Å²) >= 11 is 0. The lowest BCUT2D eigenvalue weighted by molar-refractivity contribution is -0.139. The fourth-order valence-electron chi connectivity index (χ4n) is 2.48. The molecule has 1 aliphatic heterocycles. The largest absolute Gasteiger partial charge is 0.406 e. The summed E-state index contributed by atoms with van der Waals surface area (Å²) in [7, 11) is 0. The quantitative estimate of drug-likeness (QED) is 0.850. The van der Waals surface area contributed by atoms with Crippen molar-refractivity contribution in [2.75, 3.05) is 18.8 Å². The first-order chi connectivity index (χ1) is 10.4. The minimum Gasteiger partial charge on any atom is -0.398 e. The van der Waals surface area contributed by atoms with Crippen LogP contribution in [0.3, 0.4) is 0 Å². The number of halogens is 3. The molecule has 0 fully saturated rings. The van der Waals surface area contributed by atoms with Gasteiger partial charge in [0.15, 0.2) is 5.84 Å². The van der Waals surface area contributed by atoms with Gasteiger partial charge in [-0.3, -0.25) is 4.99 Å². The van der Waals surface area contributed by atoms with E-state index >= 15 is 0 Å². The van der Waals surface area contributed by atoms with Gasteiger partial charge in [-0.05, 0) is 18.2 Å². The van der Waals surface area contributed by atoms with Crippen molar-refractivity contribution in [3.8, 4) is 0 Å². The molecule has 22 heavy (non-hydrogen) atoms. The molecule has 1 aromatic heterocycles. The van der Waals surface area contributed by atoms with E-state index in [-0.39, 0.29) is 12.4 Å². The average Bonchev–Trinajstić information content (AvgIpc) is 3.03. The second-order valence-corrected chi connectivity index (χ2v) is 5.03. The Bertz CT molecular complexity index is 786. The standard InChI is InChI=1S/C14H14F3N5/c15-14(16,17)7-22-11-3-1-2-10(19)9(11)4-12(22)13-20-6-8(5-18)21-13/h1-4H,5-7,18-19H2. The van der Waals surface area contributed by atoms with Gasteiger partial charge in [-0.2, -0.15) is 13.2 Å². The minimum atomic E-state index is -4.36. The highest BCUT2D eigenvalue weighted by Gasteiger charge is 2.31. The molecule has 3 rings (SSSR count). The number of aromatic nitrogens is 1. The summed E-state index contributed by atoms with van der Waals surface area (Å²) in [6.45, 7) is -0.578. The molecule has 0 radical (unpaired) electrons. The zero-order valence-corrected chi connectivity index (χ0v) is 11.6. The van der Waals surface area contributed by atoms with Gasteiger partial charge in [0.05, 0.1) is 23.5 Å². The van der Waals surface area contributed by atoms with E-state index in [1.807, 2.05) is 0 Å². The molecule has 2 heterocycles. The van der Waals surface area contributed by atoms with Crippen molar-refractivity contribution in [3.63, 3.8) is 0 Å². The molecule has 8 heteroatoms. The van der Waals surface area contributed by atoms with Crippen molar-refractivity contribution in [2.24, 2.45) is 15.7 Å². The fraction of sp³-hybridized carbons (Fsp3) is 0.286. The number of hydrogen-bond donors (Lipinski definition) is 2. The van der Waals surface area contributed by atoms with E-state index in [0.717, 1.165) is 4.57 Å². The van der Waals surface area contributed by atoms with E-state index in [0.29, 0.717) is 34.5 Å². The van der Waals surface area contributed by atoms with Crippen LogP contribution in [0.4, 0.5) is 18.9 Å². The molecular weight excluding hydrogens is 295 g/mol. The predicted molar refractivity (Wildman–Crippen MR) is 80.3 cm³/mol. The lowest BCUT2D eigenvalue weighted by Crippen LogP contribution is -2.20. The lowest BCUT2D eigenvalue weighted by Gasteiger charge is -2.12. The van der Waals surface area contributed by atoms with Crippen LogP contribution in [0.25, 0.3) is 10.9 Å². The number of rotatable bonds is 3. The molecule has 0 bridgehead atoms. The van der Waals surface area contributed by atoms with Gasteiger partial charge in [0.2, 0.25) is 0 Å². The maximum atomic E-state index is 12.9. The van der Waals surface area contributed by atoms with Gasteiger partial charge < -0.3 is 16.0 Å². The summed E-state index contributed by atoms with van der Waals surface area (Å²) in [6, 6.07) is 6.47. The summed E-state index contributed by atoms with van der Waals surface area (Å²) in [6.07, 6.45) is -4.36. The number of hydrogen-bond acceptors (Lipinski definition) is 4. The van der Waals surface area contributed by atoms with Gasteiger partial charge in [0, 0.05) is 17.6 Å². The van der Waals surface area contributed by atoms with Gasteiger partial charge in [0.25, 0.3) is 0 Å². The van der Waals surface area contributed by atoms with Crippen LogP contribution in [0.2, 0.25) is 0 Å². The predicted octanol–water partition coefficient (Wildman–Crippen LogP) is 1.95. The molecule has 0 saturated carbocycles. The van der Waals surface area contributed by atoms with Gasteiger partial charge in [-0.25, -0.2) is 4.99 Å². The second kappa shape index (κ2) is 5.13. The molecule has 0 saturated heterocycles. The molecule has 116 valence electrons. The van der Waals surface area contributed by atoms with E-state index in [4.69, 9.17) is 11.5 Å². The number of anilines is 1. The maximum Gasteiger partial charge on any atom is 0.406 e. The molecular formula is C14H14F3N5. The van der Waals surface area contributed by atoms with E-state index < -0.39 is 12.7 Å². The number of aliphatic imine (C=N–C) groups is 2. The number of amidine groups is 1. The molecule has 0 unspecified atom stereocenters. The van der Waals surface area contributed by atoms with Crippen LogP contribution in [0.1, 0.15) is 5.69 Å². The molecule has 2 aromatic rings. The zero-order valence-electron chi connectivity index (χ0n) is 11.6. The second-order valence-electron chi connectivity index (χ2n) is 5.03. The summed E-state index contributed by atoms with van der Waals surface area (Å²) < 4.78 is 39.9. The Morgan fingerprint density at radius 2 is 2.05 bits per heavy atom. The van der Waals surface area contributed by atoms with Gasteiger partial charge in [-0.15, -0.1) is 0 Å². The Morgan fingerprint density at radius 1 is 1.27 bits per heavy atom. The van der Waals surface area contributed by atoms with Crippen LogP contribution in [-0.2, 0) is 6.54 Å². The Morgan fingerprint density at radius 3 is 2.68 bits per heavy atom. The van der Waals surface area contributed by atoms with Crippen LogP contribution in [0.15, 0.2) is 34.3 Å². The summed E-state index contributed by atoms with van der Waals surface area (Å²) in [5, 5.41) is 0.556. The Kier molecular flexibility index (Phi) is 3.40. The first-order valence-corrected chi connectivity index (χ1v) is 6.65. The molecule has 5 nitrogen and oxygen atoms in total. The van der Waals surface area contributed by atoms with Gasteiger partial charge >= 0.3 is 6.18 Å². The van der Waals surface area contributed by atoms with Crippen molar-refractivity contribution in [3.05, 3.63) is 30.0 Å². The third-order valence-electron chi connectivity index (χ3n) is 3.46. The van der Waals surface area contributed by atoms with Gasteiger partial charge in [0.1, 0.15) is 6.54 Å². The topological polar surface area (TPSA) is 81.7 Å². The van der Waals surface area contributed by atoms with Crippen molar-refractivity contribution >= 4 is 28.1 Å². The number of nitrogens with two attached hydrogens (primary N) is 2. The van der Waals surface area contributed by atoms with Crippen LogP contribution in [0.5, 0.6) is 0 Å². The molecule has 0 atom stereocenters. The number of nitrogens with zero attached hydrogens (tertiary/aromatic N) is 3. The normalized spacial score (nSPS) is 15.3. The van der Waals surface area contributed by atoms with E-state index in [9.17, 15) is 13.2 Å². The smallest absolute Gasteiger partial charge is 0.398 e. The molecule has 0 aliphatic carbocycles. The van der Waals surface area contributed by atoms with Crippen LogP contribution in [-0.4, -0.2) is 35.4 Å².